The smallest absolute Gasteiger partial charge is 0.306 e. The molecule has 1 amide bonds. The predicted octanol–water partition coefficient (Wildman–Crippen LogP) is 16.0. The summed E-state index contributed by atoms with van der Waals surface area (Å²) in [6.45, 7) is 6.40. The number of unbranched alkanes of at least 4 members (excludes halogenated alkanes) is 20. The van der Waals surface area contributed by atoms with E-state index in [2.05, 4.69) is 111 Å². The summed E-state index contributed by atoms with van der Waals surface area (Å²) < 4.78 is 5.89. The zero-order chi connectivity index (χ0) is 45.9. The number of allylic oxidation sites excluding steroid dienone is 14. The Bertz CT molecular complexity index is 1210. The van der Waals surface area contributed by atoms with Gasteiger partial charge in [0.1, 0.15) is 6.10 Å². The van der Waals surface area contributed by atoms with Gasteiger partial charge in [0, 0.05) is 6.42 Å². The fourth-order valence-electron chi connectivity index (χ4n) is 7.43. The number of amides is 1. The van der Waals surface area contributed by atoms with Crippen molar-refractivity contribution in [3.8, 4) is 0 Å². The van der Waals surface area contributed by atoms with Gasteiger partial charge in [-0.3, -0.25) is 9.59 Å². The Morgan fingerprint density at radius 2 is 0.810 bits per heavy atom. The lowest BCUT2D eigenvalue weighted by atomic mass is 10.0. The highest BCUT2D eigenvalue weighted by atomic mass is 16.5. The van der Waals surface area contributed by atoms with E-state index in [0.29, 0.717) is 25.7 Å². The highest BCUT2D eigenvalue weighted by Gasteiger charge is 2.24. The van der Waals surface area contributed by atoms with Gasteiger partial charge in [-0.2, -0.15) is 0 Å². The molecule has 0 saturated heterocycles. The van der Waals surface area contributed by atoms with E-state index in [1.54, 1.807) is 0 Å². The van der Waals surface area contributed by atoms with Crippen molar-refractivity contribution in [3.63, 3.8) is 0 Å². The maximum atomic E-state index is 13.2. The molecule has 0 rings (SSSR count). The third-order valence-electron chi connectivity index (χ3n) is 11.4. The number of ether oxygens (including phenoxy) is 1. The molecule has 63 heavy (non-hydrogen) atoms. The molecular weight excluding hydrogens is 779 g/mol. The van der Waals surface area contributed by atoms with Gasteiger partial charge >= 0.3 is 5.97 Å². The summed E-state index contributed by atoms with van der Waals surface area (Å²) in [6.07, 6.45) is 65.0. The molecule has 0 bridgehead atoms. The fourth-order valence-corrected chi connectivity index (χ4v) is 7.43. The Balaban J connectivity index is 4.76. The molecule has 0 heterocycles. The van der Waals surface area contributed by atoms with Crippen molar-refractivity contribution in [2.24, 2.45) is 0 Å². The molecule has 0 aliphatic heterocycles. The second-order valence-corrected chi connectivity index (χ2v) is 17.6. The van der Waals surface area contributed by atoms with Gasteiger partial charge in [-0.25, -0.2) is 0 Å². The average Bonchev–Trinajstić information content (AvgIpc) is 3.28. The van der Waals surface area contributed by atoms with Crippen LogP contribution in [0.25, 0.3) is 0 Å². The van der Waals surface area contributed by atoms with Crippen molar-refractivity contribution in [2.45, 2.75) is 257 Å². The monoisotopic (exact) mass is 878 g/mol. The molecule has 0 spiro atoms. The van der Waals surface area contributed by atoms with Gasteiger partial charge in [-0.15, -0.1) is 0 Å². The molecule has 0 radical (unpaired) electrons. The number of hydrogen-bond donors (Lipinski definition) is 3. The number of rotatable bonds is 46. The lowest BCUT2D eigenvalue weighted by molar-refractivity contribution is -0.151. The van der Waals surface area contributed by atoms with Crippen molar-refractivity contribution in [3.05, 3.63) is 85.1 Å². The fraction of sp³-hybridized carbons (Fsp3) is 0.719. The van der Waals surface area contributed by atoms with Crippen LogP contribution in [0.15, 0.2) is 85.1 Å². The first-order valence-corrected chi connectivity index (χ1v) is 26.3. The minimum Gasteiger partial charge on any atom is -0.462 e. The molecule has 0 fully saturated rings. The maximum absolute atomic E-state index is 13.2. The minimum absolute atomic E-state index is 0.0262. The number of carbonyl (C=O) groups is 2. The SMILES string of the molecule is CCCCC/C=C\C/C=C\C/C=C\C/C=C\CCCC(=O)OC(CCCC/C=C\C/C=C\C/C=C\CCCCC)CC(=O)NC(CO)C(O)CCCCCCCCCCCCCC. The Kier molecular flexibility index (Phi) is 47.7. The number of esters is 1. The Hall–Kier alpha value is -2.96. The molecular formula is C57H99NO5. The quantitative estimate of drug-likeness (QED) is 0.0322. The standard InChI is InChI=1S/C57H99NO5/c1-4-7-10-13-16-19-22-25-27-28-30-32-35-38-41-44-47-50-57(62)63-53(48-45-42-39-36-33-31-29-26-23-20-17-14-11-8-5-2)51-56(61)58-54(52-59)55(60)49-46-43-40-37-34-24-21-18-15-12-9-6-3/h16-17,19-20,25-27,29-30,32-33,36,38,41,53-55,59-60H,4-15,18,21-24,28,31,34-35,37,39-40,42-52H2,1-3H3,(H,58,61)/b19-16-,20-17-,27-25-,29-26-,32-30-,36-33-,41-38-. The van der Waals surface area contributed by atoms with Crippen molar-refractivity contribution < 1.29 is 24.5 Å². The molecule has 3 N–H and O–H groups in total. The Morgan fingerprint density at radius 3 is 1.24 bits per heavy atom. The van der Waals surface area contributed by atoms with Gasteiger partial charge in [-0.1, -0.05) is 209 Å². The largest absolute Gasteiger partial charge is 0.462 e. The summed E-state index contributed by atoms with van der Waals surface area (Å²) in [5.41, 5.74) is 0. The zero-order valence-electron chi connectivity index (χ0n) is 41.2. The number of nitrogens with one attached hydrogen (secondary N) is 1. The maximum Gasteiger partial charge on any atom is 0.306 e. The van der Waals surface area contributed by atoms with Gasteiger partial charge in [0.2, 0.25) is 5.91 Å². The van der Waals surface area contributed by atoms with Crippen LogP contribution in [0.5, 0.6) is 0 Å². The molecule has 0 aromatic heterocycles. The molecule has 6 nitrogen and oxygen atoms in total. The van der Waals surface area contributed by atoms with Gasteiger partial charge in [0.15, 0.2) is 0 Å². The second kappa shape index (κ2) is 50.0. The Labute approximate surface area is 389 Å². The first-order valence-electron chi connectivity index (χ1n) is 26.3. The average molecular weight is 878 g/mol. The van der Waals surface area contributed by atoms with Crippen molar-refractivity contribution in [1.29, 1.82) is 0 Å². The molecule has 0 aromatic rings. The lowest BCUT2D eigenvalue weighted by Crippen LogP contribution is -2.46. The van der Waals surface area contributed by atoms with E-state index in [1.165, 1.54) is 109 Å². The van der Waals surface area contributed by atoms with Crippen LogP contribution in [0.1, 0.15) is 239 Å². The van der Waals surface area contributed by atoms with Crippen molar-refractivity contribution in [2.75, 3.05) is 6.61 Å². The van der Waals surface area contributed by atoms with Crippen molar-refractivity contribution in [1.82, 2.24) is 5.32 Å². The van der Waals surface area contributed by atoms with E-state index in [-0.39, 0.29) is 24.9 Å². The molecule has 0 aromatic carbocycles. The van der Waals surface area contributed by atoms with Crippen LogP contribution in [0.3, 0.4) is 0 Å². The highest BCUT2D eigenvalue weighted by molar-refractivity contribution is 5.77. The first kappa shape index (κ1) is 60.0. The molecule has 3 unspecified atom stereocenters. The van der Waals surface area contributed by atoms with E-state index in [1.807, 2.05) is 0 Å². The second-order valence-electron chi connectivity index (χ2n) is 17.6. The minimum atomic E-state index is -0.811. The molecule has 0 saturated carbocycles. The van der Waals surface area contributed by atoms with Crippen LogP contribution < -0.4 is 5.32 Å². The highest BCUT2D eigenvalue weighted by Crippen LogP contribution is 2.16. The third-order valence-corrected chi connectivity index (χ3v) is 11.4. The van der Waals surface area contributed by atoms with Crippen LogP contribution >= 0.6 is 0 Å². The molecule has 0 aliphatic rings. The normalized spacial score (nSPS) is 13.9. The number of aliphatic hydroxyl groups excluding tert-OH is 2. The topological polar surface area (TPSA) is 95.9 Å². The van der Waals surface area contributed by atoms with E-state index < -0.39 is 18.2 Å². The number of aliphatic hydroxyl groups is 2. The predicted molar refractivity (Wildman–Crippen MR) is 273 cm³/mol. The van der Waals surface area contributed by atoms with Gasteiger partial charge in [0.25, 0.3) is 0 Å². The summed E-state index contributed by atoms with van der Waals surface area (Å²) >= 11 is 0. The Morgan fingerprint density at radius 1 is 0.460 bits per heavy atom. The third kappa shape index (κ3) is 45.4. The summed E-state index contributed by atoms with van der Waals surface area (Å²) in [7, 11) is 0. The van der Waals surface area contributed by atoms with E-state index >= 15 is 0 Å². The van der Waals surface area contributed by atoms with Crippen LogP contribution in [0, 0.1) is 0 Å². The van der Waals surface area contributed by atoms with Crippen LogP contribution in [0.4, 0.5) is 0 Å². The lowest BCUT2D eigenvalue weighted by Gasteiger charge is -2.24. The summed E-state index contributed by atoms with van der Waals surface area (Å²) in [6, 6.07) is -0.729. The van der Waals surface area contributed by atoms with Gasteiger partial charge in [-0.05, 0) is 103 Å². The first-order chi connectivity index (χ1) is 31.0. The van der Waals surface area contributed by atoms with E-state index in [9.17, 15) is 19.8 Å². The van der Waals surface area contributed by atoms with Crippen LogP contribution in [0.2, 0.25) is 0 Å². The number of hydrogen-bond acceptors (Lipinski definition) is 5. The van der Waals surface area contributed by atoms with Crippen molar-refractivity contribution >= 4 is 11.9 Å². The zero-order valence-corrected chi connectivity index (χ0v) is 41.2. The van der Waals surface area contributed by atoms with Crippen LogP contribution in [-0.2, 0) is 14.3 Å². The van der Waals surface area contributed by atoms with E-state index in [4.69, 9.17) is 4.74 Å². The summed E-state index contributed by atoms with van der Waals surface area (Å²) in [5.74, 6) is -0.582. The van der Waals surface area contributed by atoms with Gasteiger partial charge < -0.3 is 20.3 Å². The molecule has 362 valence electrons. The van der Waals surface area contributed by atoms with Crippen LogP contribution in [-0.4, -0.2) is 46.9 Å². The van der Waals surface area contributed by atoms with E-state index in [0.717, 1.165) is 77.0 Å². The molecule has 6 heteroatoms. The summed E-state index contributed by atoms with van der Waals surface area (Å²) in [4.78, 5) is 26.1. The molecule has 0 aliphatic carbocycles. The van der Waals surface area contributed by atoms with Gasteiger partial charge in [0.05, 0.1) is 25.2 Å². The summed E-state index contributed by atoms with van der Waals surface area (Å²) in [5, 5.41) is 23.7. The number of carbonyl (C=O) groups excluding carboxylic acids is 2. The molecule has 3 atom stereocenters.